The molecule has 0 aliphatic carbocycles. The van der Waals surface area contributed by atoms with Crippen LogP contribution in [0.1, 0.15) is 43.0 Å². The Morgan fingerprint density at radius 1 is 1.26 bits per heavy atom. The maximum atomic E-state index is 12.6. The predicted octanol–water partition coefficient (Wildman–Crippen LogP) is 3.95. The third-order valence-corrected chi connectivity index (χ3v) is 4.65. The Balaban J connectivity index is 1.99. The Morgan fingerprint density at radius 3 is 2.81 bits per heavy atom. The molecule has 2 heterocycles. The molecule has 1 aromatic carbocycles. The molecular weight excluding hydrogens is 338 g/mol. The molecule has 1 amide bonds. The second-order valence-corrected chi connectivity index (χ2v) is 7.35. The zero-order chi connectivity index (χ0) is 19.4. The first-order valence-electron chi connectivity index (χ1n) is 9.32. The van der Waals surface area contributed by atoms with E-state index in [1.54, 1.807) is 7.11 Å². The number of hydrogen-bond acceptors (Lipinski definition) is 3. The van der Waals surface area contributed by atoms with Crippen molar-refractivity contribution in [1.29, 1.82) is 0 Å². The lowest BCUT2D eigenvalue weighted by atomic mass is 9.92. The number of carbonyl (C=O) groups excluding carboxylic acids is 1. The number of hydrogen-bond donors (Lipinski definition) is 1. The summed E-state index contributed by atoms with van der Waals surface area (Å²) in [5.41, 5.74) is 4.09. The van der Waals surface area contributed by atoms with Gasteiger partial charge in [-0.3, -0.25) is 4.79 Å². The van der Waals surface area contributed by atoms with Gasteiger partial charge in [-0.1, -0.05) is 26.0 Å². The van der Waals surface area contributed by atoms with E-state index in [4.69, 9.17) is 4.74 Å². The number of aryl methyl sites for hydroxylation is 1. The molecule has 0 spiro atoms. The monoisotopic (exact) mass is 365 g/mol. The molecular formula is C22H27N3O2. The van der Waals surface area contributed by atoms with Gasteiger partial charge in [0.15, 0.2) is 0 Å². The van der Waals surface area contributed by atoms with E-state index in [2.05, 4.69) is 34.6 Å². The third-order valence-electron chi connectivity index (χ3n) is 4.65. The molecule has 1 atom stereocenters. The van der Waals surface area contributed by atoms with Crippen LogP contribution in [0.25, 0.3) is 5.65 Å². The molecule has 0 saturated carbocycles. The van der Waals surface area contributed by atoms with Crippen LogP contribution in [0, 0.1) is 12.8 Å². The highest BCUT2D eigenvalue weighted by Gasteiger charge is 2.22. The van der Waals surface area contributed by atoms with Crippen molar-refractivity contribution in [2.24, 2.45) is 5.92 Å². The first kappa shape index (κ1) is 19.0. The van der Waals surface area contributed by atoms with E-state index in [1.165, 1.54) is 0 Å². The van der Waals surface area contributed by atoms with Gasteiger partial charge >= 0.3 is 0 Å². The molecule has 5 nitrogen and oxygen atoms in total. The molecule has 142 valence electrons. The number of methoxy groups -OCH3 is 1. The summed E-state index contributed by atoms with van der Waals surface area (Å²) in [6.07, 6.45) is 4.25. The second kappa shape index (κ2) is 8.25. The Hall–Kier alpha value is -2.82. The van der Waals surface area contributed by atoms with E-state index in [9.17, 15) is 4.79 Å². The van der Waals surface area contributed by atoms with Crippen LogP contribution in [-0.4, -0.2) is 28.9 Å². The number of fused-ring (bicyclic) bond motifs is 1. The molecule has 0 saturated heterocycles. The Labute approximate surface area is 160 Å². The van der Waals surface area contributed by atoms with Gasteiger partial charge in [0, 0.05) is 31.3 Å². The lowest BCUT2D eigenvalue weighted by molar-refractivity contribution is -0.121. The van der Waals surface area contributed by atoms with Crippen molar-refractivity contribution < 1.29 is 9.53 Å². The molecule has 27 heavy (non-hydrogen) atoms. The summed E-state index contributed by atoms with van der Waals surface area (Å²) in [6.45, 7) is 6.91. The minimum atomic E-state index is -0.107. The van der Waals surface area contributed by atoms with Gasteiger partial charge in [-0.05, 0) is 48.2 Å². The van der Waals surface area contributed by atoms with Gasteiger partial charge < -0.3 is 14.5 Å². The number of carbonyl (C=O) groups is 1. The van der Waals surface area contributed by atoms with Crippen molar-refractivity contribution in [3.8, 4) is 5.75 Å². The number of imidazole rings is 1. The smallest absolute Gasteiger partial charge is 0.221 e. The summed E-state index contributed by atoms with van der Waals surface area (Å²) in [7, 11) is 1.65. The first-order valence-corrected chi connectivity index (χ1v) is 9.32. The van der Waals surface area contributed by atoms with Crippen LogP contribution in [0.4, 0.5) is 0 Å². The van der Waals surface area contributed by atoms with Crippen molar-refractivity contribution >= 4 is 11.6 Å². The van der Waals surface area contributed by atoms with Crippen LogP contribution < -0.4 is 10.1 Å². The molecule has 1 unspecified atom stereocenters. The summed E-state index contributed by atoms with van der Waals surface area (Å²) < 4.78 is 7.45. The number of benzene rings is 1. The fourth-order valence-electron chi connectivity index (χ4n) is 3.19. The second-order valence-electron chi connectivity index (χ2n) is 7.35. The van der Waals surface area contributed by atoms with Crippen LogP contribution in [0.15, 0.2) is 48.8 Å². The zero-order valence-electron chi connectivity index (χ0n) is 16.4. The van der Waals surface area contributed by atoms with Gasteiger partial charge in [-0.15, -0.1) is 0 Å². The van der Waals surface area contributed by atoms with E-state index in [1.807, 2.05) is 49.6 Å². The highest BCUT2D eigenvalue weighted by atomic mass is 16.5. The standard InChI is InChI=1S/C22H27N3O2/c1-15(2)13-24-22(26)12-19(17-6-5-7-18(11-17)27-4)20-14-23-21-10-16(3)8-9-25(20)21/h5-11,14-15,19H,12-13H2,1-4H3,(H,24,26). The van der Waals surface area contributed by atoms with Crippen LogP contribution in [-0.2, 0) is 4.79 Å². The largest absolute Gasteiger partial charge is 0.497 e. The lowest BCUT2D eigenvalue weighted by Gasteiger charge is -2.18. The van der Waals surface area contributed by atoms with Crippen molar-refractivity contribution in [1.82, 2.24) is 14.7 Å². The molecule has 0 aliphatic heterocycles. The molecule has 0 fully saturated rings. The first-order chi connectivity index (χ1) is 13.0. The molecule has 3 rings (SSSR count). The topological polar surface area (TPSA) is 55.6 Å². The van der Waals surface area contributed by atoms with Crippen LogP contribution >= 0.6 is 0 Å². The van der Waals surface area contributed by atoms with Crippen LogP contribution in [0.3, 0.4) is 0 Å². The number of nitrogens with one attached hydrogen (secondary N) is 1. The molecule has 0 aliphatic rings. The van der Waals surface area contributed by atoms with E-state index in [-0.39, 0.29) is 11.8 Å². The zero-order valence-corrected chi connectivity index (χ0v) is 16.4. The third kappa shape index (κ3) is 4.48. The predicted molar refractivity (Wildman–Crippen MR) is 107 cm³/mol. The molecule has 3 aromatic rings. The van der Waals surface area contributed by atoms with Crippen LogP contribution in [0.2, 0.25) is 0 Å². The lowest BCUT2D eigenvalue weighted by Crippen LogP contribution is -2.29. The Morgan fingerprint density at radius 2 is 2.07 bits per heavy atom. The van der Waals surface area contributed by atoms with Crippen molar-refractivity contribution in [2.75, 3.05) is 13.7 Å². The molecule has 5 heteroatoms. The number of amides is 1. The SMILES string of the molecule is COc1cccc(C(CC(=O)NCC(C)C)c2cnc3cc(C)ccn23)c1. The van der Waals surface area contributed by atoms with Gasteiger partial charge in [0.05, 0.1) is 12.8 Å². The van der Waals surface area contributed by atoms with E-state index < -0.39 is 0 Å². The minimum Gasteiger partial charge on any atom is -0.497 e. The fourth-order valence-corrected chi connectivity index (χ4v) is 3.19. The van der Waals surface area contributed by atoms with Crippen molar-refractivity contribution in [3.63, 3.8) is 0 Å². The Kier molecular flexibility index (Phi) is 5.79. The normalized spacial score (nSPS) is 12.3. The summed E-state index contributed by atoms with van der Waals surface area (Å²) in [6, 6.07) is 12.0. The molecule has 2 aromatic heterocycles. The quantitative estimate of drug-likeness (QED) is 0.690. The van der Waals surface area contributed by atoms with E-state index in [0.29, 0.717) is 18.9 Å². The highest BCUT2D eigenvalue weighted by molar-refractivity contribution is 5.77. The number of rotatable bonds is 7. The number of pyridine rings is 1. The van der Waals surface area contributed by atoms with Gasteiger partial charge in [-0.2, -0.15) is 0 Å². The molecule has 0 bridgehead atoms. The average molecular weight is 365 g/mol. The van der Waals surface area contributed by atoms with Gasteiger partial charge in [0.2, 0.25) is 5.91 Å². The number of ether oxygens (including phenoxy) is 1. The van der Waals surface area contributed by atoms with Crippen LogP contribution in [0.5, 0.6) is 5.75 Å². The average Bonchev–Trinajstić information content (AvgIpc) is 3.07. The maximum absolute atomic E-state index is 12.6. The summed E-state index contributed by atoms with van der Waals surface area (Å²) >= 11 is 0. The summed E-state index contributed by atoms with van der Waals surface area (Å²) in [5.74, 6) is 1.14. The van der Waals surface area contributed by atoms with Gasteiger partial charge in [0.1, 0.15) is 11.4 Å². The van der Waals surface area contributed by atoms with Crippen molar-refractivity contribution in [2.45, 2.75) is 33.1 Å². The van der Waals surface area contributed by atoms with Gasteiger partial charge in [0.25, 0.3) is 0 Å². The Bertz CT molecular complexity index is 930. The van der Waals surface area contributed by atoms with E-state index in [0.717, 1.165) is 28.2 Å². The van der Waals surface area contributed by atoms with Crippen molar-refractivity contribution in [3.05, 3.63) is 65.6 Å². The summed E-state index contributed by atoms with van der Waals surface area (Å²) in [4.78, 5) is 17.1. The summed E-state index contributed by atoms with van der Waals surface area (Å²) in [5, 5.41) is 3.03. The maximum Gasteiger partial charge on any atom is 0.221 e. The highest BCUT2D eigenvalue weighted by Crippen LogP contribution is 2.31. The van der Waals surface area contributed by atoms with Gasteiger partial charge in [-0.25, -0.2) is 4.98 Å². The van der Waals surface area contributed by atoms with E-state index >= 15 is 0 Å². The number of nitrogens with zero attached hydrogens (tertiary/aromatic N) is 2. The number of aromatic nitrogens is 2. The fraction of sp³-hybridized carbons (Fsp3) is 0.364. The molecule has 1 N–H and O–H groups in total. The minimum absolute atomic E-state index is 0.0404. The molecule has 0 radical (unpaired) electrons.